The summed E-state index contributed by atoms with van der Waals surface area (Å²) in [6.45, 7) is 0.264. The second kappa shape index (κ2) is 6.21. The summed E-state index contributed by atoms with van der Waals surface area (Å²) < 4.78 is 2.50. The summed E-state index contributed by atoms with van der Waals surface area (Å²) in [6.07, 6.45) is 0. The van der Waals surface area contributed by atoms with E-state index in [4.69, 9.17) is 0 Å². The zero-order chi connectivity index (χ0) is 17.4. The predicted molar refractivity (Wildman–Crippen MR) is 97.0 cm³/mol. The van der Waals surface area contributed by atoms with Crippen LogP contribution in [0, 0.1) is 0 Å². The Morgan fingerprint density at radius 3 is 2.64 bits per heavy atom. The van der Waals surface area contributed by atoms with Crippen molar-refractivity contribution in [2.45, 2.75) is 6.54 Å². The summed E-state index contributed by atoms with van der Waals surface area (Å²) in [5.41, 5.74) is 1.44. The third-order valence-corrected chi connectivity index (χ3v) is 4.44. The molecule has 4 aromatic rings. The monoisotopic (exact) mass is 396 g/mol. The van der Waals surface area contributed by atoms with E-state index in [1.807, 2.05) is 42.5 Å². The molecule has 124 valence electrons. The molecule has 0 atom stereocenters. The Bertz CT molecular complexity index is 1120. The smallest absolute Gasteiger partial charge is 0.261 e. The fourth-order valence-electron chi connectivity index (χ4n) is 2.56. The molecule has 0 saturated carbocycles. The minimum Gasteiger partial charge on any atom is -0.298 e. The summed E-state index contributed by atoms with van der Waals surface area (Å²) in [6, 6.07) is 14.9. The summed E-state index contributed by atoms with van der Waals surface area (Å²) in [7, 11) is 1.70. The van der Waals surface area contributed by atoms with E-state index >= 15 is 0 Å². The number of hydrogen-bond donors (Lipinski definition) is 0. The van der Waals surface area contributed by atoms with Gasteiger partial charge in [0.05, 0.1) is 10.9 Å². The largest absolute Gasteiger partial charge is 0.298 e. The van der Waals surface area contributed by atoms with Gasteiger partial charge in [-0.1, -0.05) is 28.1 Å². The molecule has 0 unspecified atom stereocenters. The van der Waals surface area contributed by atoms with E-state index in [9.17, 15) is 4.79 Å². The van der Waals surface area contributed by atoms with Crippen LogP contribution >= 0.6 is 15.9 Å². The SMILES string of the molecule is Cn1c(Cn2nnc(-c3ccc(Br)cc3)n2)nc2ccccc2c1=O. The van der Waals surface area contributed by atoms with Crippen molar-refractivity contribution in [1.82, 2.24) is 29.8 Å². The van der Waals surface area contributed by atoms with E-state index in [2.05, 4.69) is 36.3 Å². The Kier molecular flexibility index (Phi) is 3.89. The Hall–Kier alpha value is -2.87. The van der Waals surface area contributed by atoms with Crippen LogP contribution in [0.3, 0.4) is 0 Å². The van der Waals surface area contributed by atoms with Crippen LogP contribution < -0.4 is 5.56 Å². The maximum Gasteiger partial charge on any atom is 0.261 e. The highest BCUT2D eigenvalue weighted by Crippen LogP contribution is 2.17. The Morgan fingerprint density at radius 1 is 1.08 bits per heavy atom. The van der Waals surface area contributed by atoms with Crippen LogP contribution in [0.25, 0.3) is 22.3 Å². The zero-order valence-electron chi connectivity index (χ0n) is 13.3. The van der Waals surface area contributed by atoms with Crippen LogP contribution in [-0.4, -0.2) is 29.8 Å². The van der Waals surface area contributed by atoms with Gasteiger partial charge in [0, 0.05) is 17.1 Å². The zero-order valence-corrected chi connectivity index (χ0v) is 14.9. The van der Waals surface area contributed by atoms with Crippen molar-refractivity contribution in [2.75, 3.05) is 0 Å². The molecule has 0 saturated heterocycles. The number of benzene rings is 2. The van der Waals surface area contributed by atoms with Crippen molar-refractivity contribution >= 4 is 26.8 Å². The van der Waals surface area contributed by atoms with E-state index < -0.39 is 0 Å². The normalized spacial score (nSPS) is 11.1. The van der Waals surface area contributed by atoms with E-state index in [0.29, 0.717) is 22.6 Å². The van der Waals surface area contributed by atoms with Crippen molar-refractivity contribution in [3.05, 3.63) is 69.2 Å². The quantitative estimate of drug-likeness (QED) is 0.531. The molecule has 8 heteroatoms. The molecule has 7 nitrogen and oxygen atoms in total. The number of fused-ring (bicyclic) bond motifs is 1. The average Bonchev–Trinajstić information content (AvgIpc) is 3.09. The van der Waals surface area contributed by atoms with Crippen LogP contribution in [-0.2, 0) is 13.6 Å². The molecule has 0 N–H and O–H groups in total. The number of rotatable bonds is 3. The Labute approximate surface area is 151 Å². The van der Waals surface area contributed by atoms with E-state index in [1.165, 1.54) is 9.36 Å². The number of aromatic nitrogens is 6. The fourth-order valence-corrected chi connectivity index (χ4v) is 2.82. The second-order valence-corrected chi connectivity index (χ2v) is 6.48. The molecule has 0 aliphatic rings. The first-order valence-electron chi connectivity index (χ1n) is 7.60. The summed E-state index contributed by atoms with van der Waals surface area (Å²) in [5, 5.41) is 13.1. The number of hydrogen-bond acceptors (Lipinski definition) is 5. The molecule has 0 aliphatic carbocycles. The lowest BCUT2D eigenvalue weighted by Crippen LogP contribution is -2.24. The third kappa shape index (κ3) is 2.96. The van der Waals surface area contributed by atoms with Gasteiger partial charge in [0.15, 0.2) is 0 Å². The van der Waals surface area contributed by atoms with Crippen molar-refractivity contribution in [3.8, 4) is 11.4 Å². The minimum absolute atomic E-state index is 0.0890. The lowest BCUT2D eigenvalue weighted by Gasteiger charge is -2.08. The molecule has 0 amide bonds. The van der Waals surface area contributed by atoms with Crippen LogP contribution in [0.15, 0.2) is 57.8 Å². The van der Waals surface area contributed by atoms with Gasteiger partial charge in [-0.2, -0.15) is 4.80 Å². The average molecular weight is 397 g/mol. The molecule has 0 radical (unpaired) electrons. The maximum absolute atomic E-state index is 12.5. The third-order valence-electron chi connectivity index (χ3n) is 3.91. The van der Waals surface area contributed by atoms with Crippen LogP contribution in [0.4, 0.5) is 0 Å². The molecule has 0 aliphatic heterocycles. The first-order valence-corrected chi connectivity index (χ1v) is 8.39. The predicted octanol–water partition coefficient (Wildman–Crippen LogP) is 2.40. The van der Waals surface area contributed by atoms with Gasteiger partial charge in [0.1, 0.15) is 12.4 Å². The van der Waals surface area contributed by atoms with Gasteiger partial charge in [-0.05, 0) is 41.6 Å². The summed E-state index contributed by atoms with van der Waals surface area (Å²) in [4.78, 5) is 18.4. The van der Waals surface area contributed by atoms with Crippen LogP contribution in [0.2, 0.25) is 0 Å². The standard InChI is InChI=1S/C17H13BrN6O/c1-23-15(19-14-5-3-2-4-13(14)17(23)25)10-24-21-16(20-22-24)11-6-8-12(18)9-7-11/h2-9H,10H2,1H3. The number of halogens is 1. The Morgan fingerprint density at radius 2 is 1.84 bits per heavy atom. The van der Waals surface area contributed by atoms with Crippen molar-refractivity contribution in [1.29, 1.82) is 0 Å². The van der Waals surface area contributed by atoms with Gasteiger partial charge < -0.3 is 0 Å². The van der Waals surface area contributed by atoms with Gasteiger partial charge in [-0.3, -0.25) is 9.36 Å². The second-order valence-electron chi connectivity index (χ2n) is 5.56. The first-order chi connectivity index (χ1) is 12.1. The highest BCUT2D eigenvalue weighted by Gasteiger charge is 2.11. The van der Waals surface area contributed by atoms with Crippen molar-refractivity contribution < 1.29 is 0 Å². The van der Waals surface area contributed by atoms with E-state index in [-0.39, 0.29) is 12.1 Å². The van der Waals surface area contributed by atoms with Gasteiger partial charge in [0.25, 0.3) is 5.56 Å². The molecule has 4 rings (SSSR count). The van der Waals surface area contributed by atoms with Gasteiger partial charge >= 0.3 is 0 Å². The molecule has 25 heavy (non-hydrogen) atoms. The molecular weight excluding hydrogens is 384 g/mol. The maximum atomic E-state index is 12.5. The fraction of sp³-hybridized carbons (Fsp3) is 0.118. The number of tetrazole rings is 1. The van der Waals surface area contributed by atoms with Crippen LogP contribution in [0.1, 0.15) is 5.82 Å². The van der Waals surface area contributed by atoms with Gasteiger partial charge in [-0.15, -0.1) is 10.2 Å². The molecule has 0 bridgehead atoms. The van der Waals surface area contributed by atoms with Crippen molar-refractivity contribution in [3.63, 3.8) is 0 Å². The summed E-state index contributed by atoms with van der Waals surface area (Å²) in [5.74, 6) is 1.10. The lowest BCUT2D eigenvalue weighted by molar-refractivity contribution is 0.536. The molecule has 0 spiro atoms. The minimum atomic E-state index is -0.0890. The van der Waals surface area contributed by atoms with Crippen molar-refractivity contribution in [2.24, 2.45) is 7.05 Å². The topological polar surface area (TPSA) is 78.5 Å². The number of para-hydroxylation sites is 1. The number of nitrogens with zero attached hydrogens (tertiary/aromatic N) is 6. The lowest BCUT2D eigenvalue weighted by atomic mass is 10.2. The molecule has 2 aromatic carbocycles. The molecular formula is C17H13BrN6O. The van der Waals surface area contributed by atoms with Crippen LogP contribution in [0.5, 0.6) is 0 Å². The molecule has 0 fully saturated rings. The highest BCUT2D eigenvalue weighted by atomic mass is 79.9. The highest BCUT2D eigenvalue weighted by molar-refractivity contribution is 9.10. The first kappa shape index (κ1) is 15.6. The van der Waals surface area contributed by atoms with E-state index in [1.54, 1.807) is 13.1 Å². The van der Waals surface area contributed by atoms with Gasteiger partial charge in [-0.25, -0.2) is 4.98 Å². The Balaban J connectivity index is 1.69. The molecule has 2 heterocycles. The molecule has 2 aromatic heterocycles. The summed E-state index contributed by atoms with van der Waals surface area (Å²) >= 11 is 3.40. The van der Waals surface area contributed by atoms with E-state index in [0.717, 1.165) is 10.0 Å². The van der Waals surface area contributed by atoms with Gasteiger partial charge in [0.2, 0.25) is 5.82 Å².